The fraction of sp³-hybridized carbons (Fsp3) is 1.00. The maximum absolute atomic E-state index is 9.00. The molecule has 4 heteroatoms. The van der Waals surface area contributed by atoms with E-state index in [2.05, 4.69) is 12.2 Å². The van der Waals surface area contributed by atoms with E-state index in [1.165, 1.54) is 0 Å². The van der Waals surface area contributed by atoms with Crippen LogP contribution >= 0.6 is 0 Å². The van der Waals surface area contributed by atoms with Gasteiger partial charge in [-0.1, -0.05) is 6.92 Å². The molecule has 0 aliphatic carbocycles. The predicted molar refractivity (Wildman–Crippen MR) is 44.9 cm³/mol. The largest absolute Gasteiger partial charge is 0.394 e. The highest BCUT2D eigenvalue weighted by molar-refractivity contribution is 4.83. The van der Waals surface area contributed by atoms with Crippen LogP contribution in [0.25, 0.3) is 0 Å². The molecule has 0 bridgehead atoms. The third-order valence-electron chi connectivity index (χ3n) is 2.04. The van der Waals surface area contributed by atoms with Gasteiger partial charge in [-0.25, -0.2) is 0 Å². The van der Waals surface area contributed by atoms with Gasteiger partial charge in [-0.3, -0.25) is 0 Å². The van der Waals surface area contributed by atoms with Gasteiger partial charge in [0.25, 0.3) is 0 Å². The molecule has 1 fully saturated rings. The number of rotatable bonds is 5. The first-order valence-electron chi connectivity index (χ1n) is 4.24. The Bertz CT molecular complexity index is 136. The molecule has 1 heterocycles. The van der Waals surface area contributed by atoms with Crippen molar-refractivity contribution in [2.45, 2.75) is 13.0 Å². The van der Waals surface area contributed by atoms with Crippen LogP contribution in [0.3, 0.4) is 0 Å². The van der Waals surface area contributed by atoms with Crippen LogP contribution in [0.1, 0.15) is 6.92 Å². The Kier molecular flexibility index (Phi) is 3.46. The number of hydrogen-bond acceptors (Lipinski definition) is 4. The zero-order chi connectivity index (χ0) is 9.03. The molecule has 4 nitrogen and oxygen atoms in total. The topological polar surface area (TPSA) is 61.7 Å². The van der Waals surface area contributed by atoms with Crippen molar-refractivity contribution < 1.29 is 14.9 Å². The Labute approximate surface area is 72.5 Å². The van der Waals surface area contributed by atoms with E-state index in [4.69, 9.17) is 14.9 Å². The molecule has 0 aromatic rings. The lowest BCUT2D eigenvalue weighted by Crippen LogP contribution is -2.48. The van der Waals surface area contributed by atoms with Crippen LogP contribution in [0.4, 0.5) is 0 Å². The van der Waals surface area contributed by atoms with Gasteiger partial charge in [0.2, 0.25) is 0 Å². The molecule has 0 radical (unpaired) electrons. The molecule has 72 valence electrons. The quantitative estimate of drug-likeness (QED) is 0.500. The highest BCUT2D eigenvalue weighted by Crippen LogP contribution is 2.24. The number of aliphatic hydroxyl groups excluding tert-OH is 2. The van der Waals surface area contributed by atoms with Crippen LogP contribution in [0, 0.1) is 5.41 Å². The van der Waals surface area contributed by atoms with E-state index in [1.807, 2.05) is 0 Å². The van der Waals surface area contributed by atoms with E-state index < -0.39 is 6.10 Å². The molecule has 1 rings (SSSR count). The smallest absolute Gasteiger partial charge is 0.0894 e. The van der Waals surface area contributed by atoms with Gasteiger partial charge >= 0.3 is 0 Å². The van der Waals surface area contributed by atoms with E-state index in [0.29, 0.717) is 6.54 Å². The summed E-state index contributed by atoms with van der Waals surface area (Å²) in [5.41, 5.74) is 0.231. The van der Waals surface area contributed by atoms with Gasteiger partial charge in [-0.05, 0) is 0 Å². The molecule has 0 aromatic heterocycles. The highest BCUT2D eigenvalue weighted by Gasteiger charge is 2.32. The van der Waals surface area contributed by atoms with Gasteiger partial charge < -0.3 is 20.3 Å². The number of aliphatic hydroxyl groups is 2. The summed E-state index contributed by atoms with van der Waals surface area (Å²) in [6.07, 6.45) is -0.644. The summed E-state index contributed by atoms with van der Waals surface area (Å²) < 4.78 is 5.07. The highest BCUT2D eigenvalue weighted by atomic mass is 16.5. The Morgan fingerprint density at radius 1 is 1.58 bits per heavy atom. The maximum Gasteiger partial charge on any atom is 0.0894 e. The van der Waals surface area contributed by atoms with Gasteiger partial charge in [-0.2, -0.15) is 0 Å². The first-order chi connectivity index (χ1) is 5.66. The molecule has 1 aliphatic heterocycles. The summed E-state index contributed by atoms with van der Waals surface area (Å²) >= 11 is 0. The van der Waals surface area contributed by atoms with Crippen molar-refractivity contribution in [3.63, 3.8) is 0 Å². The second-order valence-electron chi connectivity index (χ2n) is 3.77. The van der Waals surface area contributed by atoms with Crippen LogP contribution in [0.15, 0.2) is 0 Å². The summed E-state index contributed by atoms with van der Waals surface area (Å²) in [4.78, 5) is 0. The first kappa shape index (κ1) is 9.92. The first-order valence-corrected chi connectivity index (χ1v) is 4.24. The Balaban J connectivity index is 2.01. The zero-order valence-electron chi connectivity index (χ0n) is 7.42. The zero-order valence-corrected chi connectivity index (χ0v) is 7.42. The normalized spacial score (nSPS) is 23.2. The summed E-state index contributed by atoms with van der Waals surface area (Å²) in [5, 5.41) is 20.6. The minimum absolute atomic E-state index is 0.180. The standard InChI is InChI=1S/C8H17NO3/c1-8(5-12-6-8)4-9-2-7(11)3-10/h7,9-11H,2-6H2,1H3/t7-/m0/s1. The van der Waals surface area contributed by atoms with Gasteiger partial charge in [0.1, 0.15) is 0 Å². The average Bonchev–Trinajstić information content (AvgIpc) is 2.01. The summed E-state index contributed by atoms with van der Waals surface area (Å²) in [6, 6.07) is 0. The van der Waals surface area contributed by atoms with Crippen LogP contribution < -0.4 is 5.32 Å². The van der Waals surface area contributed by atoms with Crippen LogP contribution in [-0.4, -0.2) is 49.2 Å². The molecule has 1 atom stereocenters. The number of hydrogen-bond donors (Lipinski definition) is 3. The fourth-order valence-electron chi connectivity index (χ4n) is 1.16. The van der Waals surface area contributed by atoms with Crippen molar-refractivity contribution >= 4 is 0 Å². The summed E-state index contributed by atoms with van der Waals surface area (Å²) in [5.74, 6) is 0. The minimum Gasteiger partial charge on any atom is -0.394 e. The third kappa shape index (κ3) is 2.71. The van der Waals surface area contributed by atoms with Crippen molar-refractivity contribution in [3.05, 3.63) is 0 Å². The average molecular weight is 175 g/mol. The molecule has 0 unspecified atom stereocenters. The monoisotopic (exact) mass is 175 g/mol. The fourth-order valence-corrected chi connectivity index (χ4v) is 1.16. The van der Waals surface area contributed by atoms with E-state index >= 15 is 0 Å². The molecule has 0 amide bonds. The molecule has 1 aliphatic rings. The van der Waals surface area contributed by atoms with Gasteiger partial charge in [0.05, 0.1) is 25.9 Å². The molecule has 3 N–H and O–H groups in total. The van der Waals surface area contributed by atoms with Gasteiger partial charge in [-0.15, -0.1) is 0 Å². The maximum atomic E-state index is 9.00. The van der Waals surface area contributed by atoms with E-state index in [9.17, 15) is 0 Å². The van der Waals surface area contributed by atoms with Gasteiger partial charge in [0.15, 0.2) is 0 Å². The molecule has 0 saturated carbocycles. The van der Waals surface area contributed by atoms with Crippen molar-refractivity contribution in [2.24, 2.45) is 5.41 Å². The Morgan fingerprint density at radius 3 is 2.67 bits per heavy atom. The van der Waals surface area contributed by atoms with Gasteiger partial charge in [0, 0.05) is 18.5 Å². The molecule has 12 heavy (non-hydrogen) atoms. The minimum atomic E-state index is -0.644. The molecule has 0 spiro atoms. The van der Waals surface area contributed by atoms with E-state index in [0.717, 1.165) is 19.8 Å². The molecular weight excluding hydrogens is 158 g/mol. The summed E-state index contributed by atoms with van der Waals surface area (Å²) in [7, 11) is 0. The van der Waals surface area contributed by atoms with Crippen LogP contribution in [0.5, 0.6) is 0 Å². The number of nitrogens with one attached hydrogen (secondary N) is 1. The third-order valence-corrected chi connectivity index (χ3v) is 2.04. The predicted octanol–water partition coefficient (Wildman–Crippen LogP) is -1.03. The molecule has 1 saturated heterocycles. The van der Waals surface area contributed by atoms with Crippen LogP contribution in [0.2, 0.25) is 0 Å². The summed E-state index contributed by atoms with van der Waals surface area (Å²) in [6.45, 7) is 4.82. The second-order valence-corrected chi connectivity index (χ2v) is 3.77. The lowest BCUT2D eigenvalue weighted by atomic mass is 9.89. The lowest BCUT2D eigenvalue weighted by molar-refractivity contribution is -0.0998. The Morgan fingerprint density at radius 2 is 2.25 bits per heavy atom. The second kappa shape index (κ2) is 4.18. The van der Waals surface area contributed by atoms with E-state index in [1.54, 1.807) is 0 Å². The van der Waals surface area contributed by atoms with Crippen molar-refractivity contribution in [1.29, 1.82) is 0 Å². The van der Waals surface area contributed by atoms with Crippen molar-refractivity contribution in [2.75, 3.05) is 32.9 Å². The Hall–Kier alpha value is -0.160. The molecular formula is C8H17NO3. The SMILES string of the molecule is CC1(CNC[C@H](O)CO)COC1. The lowest BCUT2D eigenvalue weighted by Gasteiger charge is -2.38. The van der Waals surface area contributed by atoms with Crippen molar-refractivity contribution in [3.8, 4) is 0 Å². The number of ether oxygens (including phenoxy) is 1. The van der Waals surface area contributed by atoms with Crippen LogP contribution in [-0.2, 0) is 4.74 Å². The molecule has 0 aromatic carbocycles. The van der Waals surface area contributed by atoms with E-state index in [-0.39, 0.29) is 12.0 Å². The van der Waals surface area contributed by atoms with Crippen molar-refractivity contribution in [1.82, 2.24) is 5.32 Å².